The van der Waals surface area contributed by atoms with Gasteiger partial charge in [0.2, 0.25) is 0 Å². The van der Waals surface area contributed by atoms with Gasteiger partial charge in [-0.05, 0) is 47.2 Å². The van der Waals surface area contributed by atoms with Crippen LogP contribution in [0, 0.1) is 5.82 Å². The number of hydrogen-bond donors (Lipinski definition) is 2. The van der Waals surface area contributed by atoms with Crippen LogP contribution in [0.2, 0.25) is 0 Å². The first-order valence-corrected chi connectivity index (χ1v) is 10.7. The normalized spacial score (nSPS) is 11.1. The molecule has 31 heavy (non-hydrogen) atoms. The maximum Gasteiger partial charge on any atom is 0.345 e. The van der Waals surface area contributed by atoms with Crippen molar-refractivity contribution in [1.29, 1.82) is 0 Å². The van der Waals surface area contributed by atoms with Gasteiger partial charge in [-0.15, -0.1) is 11.3 Å². The van der Waals surface area contributed by atoms with Crippen molar-refractivity contribution in [3.05, 3.63) is 89.6 Å². The van der Waals surface area contributed by atoms with Crippen molar-refractivity contribution in [3.63, 3.8) is 0 Å². The first-order valence-electron chi connectivity index (χ1n) is 9.81. The van der Waals surface area contributed by atoms with E-state index in [1.807, 2.05) is 6.07 Å². The summed E-state index contributed by atoms with van der Waals surface area (Å²) in [5.41, 5.74) is 2.93. The van der Waals surface area contributed by atoms with Crippen LogP contribution < -0.4 is 10.6 Å². The van der Waals surface area contributed by atoms with Crippen molar-refractivity contribution >= 4 is 23.4 Å². The Morgan fingerprint density at radius 1 is 1.19 bits per heavy atom. The maximum absolute atomic E-state index is 13.0. The van der Waals surface area contributed by atoms with Gasteiger partial charge in [0.05, 0.1) is 0 Å². The highest BCUT2D eigenvalue weighted by molar-refractivity contribution is 7.13. The van der Waals surface area contributed by atoms with Gasteiger partial charge < -0.3 is 10.6 Å². The minimum atomic E-state index is -0.784. The summed E-state index contributed by atoms with van der Waals surface area (Å²) < 4.78 is 25.6. The van der Waals surface area contributed by atoms with Gasteiger partial charge in [-0.1, -0.05) is 59.6 Å². The number of halogens is 2. The lowest BCUT2D eigenvalue weighted by atomic mass is 10.1. The molecule has 0 saturated heterocycles. The first-order chi connectivity index (χ1) is 14.9. The fraction of sp³-hybridized carbons (Fsp3) is 0.208. The molecule has 4 nitrogen and oxygen atoms in total. The Bertz CT molecular complexity index is 947. The van der Waals surface area contributed by atoms with Crippen LogP contribution in [0.3, 0.4) is 0 Å². The lowest BCUT2D eigenvalue weighted by Crippen LogP contribution is -2.43. The monoisotopic (exact) mass is 443 g/mol. The van der Waals surface area contributed by atoms with Crippen molar-refractivity contribution in [2.24, 2.45) is 0 Å². The minimum absolute atomic E-state index is 0.00765. The lowest BCUT2D eigenvalue weighted by Gasteiger charge is -2.16. The molecule has 0 saturated carbocycles. The van der Waals surface area contributed by atoms with Crippen molar-refractivity contribution < 1.29 is 13.7 Å². The number of hydrogen-bond acceptors (Lipinski definition) is 3. The highest BCUT2D eigenvalue weighted by Gasteiger charge is 2.10. The van der Waals surface area contributed by atoms with Crippen molar-refractivity contribution in [1.82, 2.24) is 15.8 Å². The van der Waals surface area contributed by atoms with Crippen molar-refractivity contribution in [3.8, 4) is 10.4 Å². The zero-order chi connectivity index (χ0) is 22.6. The van der Waals surface area contributed by atoms with Gasteiger partial charge in [-0.3, -0.25) is 0 Å². The Labute approximate surface area is 186 Å². The van der Waals surface area contributed by atoms with E-state index >= 15 is 0 Å². The molecule has 0 radical (unpaired) electrons. The number of nitrogens with one attached hydrogen (secondary N) is 2. The summed E-state index contributed by atoms with van der Waals surface area (Å²) in [5, 5.41) is 7.68. The predicted octanol–water partition coefficient (Wildman–Crippen LogP) is 5.89. The average Bonchev–Trinajstić information content (AvgIpc) is 3.30. The third-order valence-corrected chi connectivity index (χ3v) is 5.24. The quantitative estimate of drug-likeness (QED) is 0.447. The summed E-state index contributed by atoms with van der Waals surface area (Å²) in [5.74, 6) is -0.310. The second-order valence-corrected chi connectivity index (χ2v) is 7.80. The van der Waals surface area contributed by atoms with Crippen LogP contribution in [0.5, 0.6) is 0 Å². The number of rotatable bonds is 7. The molecular weight excluding hydrogens is 416 g/mol. The first kappa shape index (κ1) is 24.2. The summed E-state index contributed by atoms with van der Waals surface area (Å²) in [6.07, 6.45) is 1.59. The van der Waals surface area contributed by atoms with Gasteiger partial charge in [-0.2, -0.15) is 5.12 Å². The van der Waals surface area contributed by atoms with Gasteiger partial charge in [0.1, 0.15) is 5.82 Å². The summed E-state index contributed by atoms with van der Waals surface area (Å²) in [6, 6.07) is 18.1. The Morgan fingerprint density at radius 2 is 1.94 bits per heavy atom. The summed E-state index contributed by atoms with van der Waals surface area (Å²) in [4.78, 5) is 12.4. The van der Waals surface area contributed by atoms with E-state index in [0.29, 0.717) is 13.1 Å². The zero-order valence-electron chi connectivity index (χ0n) is 17.6. The SMILES string of the molecule is C=Cc1cc(F)ccc1CNCC(C)NC(=O)N(C)F.c1ccc(-c2cccs2)cc1. The van der Waals surface area contributed by atoms with Crippen LogP contribution in [0.15, 0.2) is 72.6 Å². The molecule has 2 aromatic carbocycles. The van der Waals surface area contributed by atoms with Crippen LogP contribution >= 0.6 is 11.3 Å². The van der Waals surface area contributed by atoms with E-state index in [-0.39, 0.29) is 17.0 Å². The molecule has 7 heteroatoms. The minimum Gasteiger partial charge on any atom is -0.332 e. The third-order valence-electron chi connectivity index (χ3n) is 4.32. The van der Waals surface area contributed by atoms with Gasteiger partial charge >= 0.3 is 6.03 Å². The Morgan fingerprint density at radius 3 is 2.55 bits per heavy atom. The zero-order valence-corrected chi connectivity index (χ0v) is 18.5. The molecule has 0 fully saturated rings. The number of nitrogens with zero attached hydrogens (tertiary/aromatic N) is 1. The molecule has 0 aliphatic rings. The van der Waals surface area contributed by atoms with Gasteiger partial charge in [0.15, 0.2) is 0 Å². The Kier molecular flexibility index (Phi) is 9.87. The van der Waals surface area contributed by atoms with Crippen LogP contribution in [0.1, 0.15) is 18.1 Å². The second-order valence-electron chi connectivity index (χ2n) is 6.85. The molecule has 3 rings (SSSR count). The smallest absolute Gasteiger partial charge is 0.332 e. The van der Waals surface area contributed by atoms with Gasteiger partial charge in [0.25, 0.3) is 0 Å². The highest BCUT2D eigenvalue weighted by Crippen LogP contribution is 2.23. The van der Waals surface area contributed by atoms with Gasteiger partial charge in [0, 0.05) is 31.1 Å². The Hall–Kier alpha value is -3.03. The molecule has 0 bridgehead atoms. The standard InChI is InChI=1S/C14H19F2N3O.C10H8S/c1-4-11-7-13(15)6-5-12(11)9-17-8-10(2)18-14(20)19(3)16;1-2-5-9(6-3-1)10-7-4-8-11-10/h4-7,10,17H,1,8-9H2,2-3H3,(H,18,20);1-8H. The van der Waals surface area contributed by atoms with E-state index in [2.05, 4.69) is 59.0 Å². The van der Waals surface area contributed by atoms with E-state index < -0.39 is 6.03 Å². The molecular formula is C24H27F2N3OS. The lowest BCUT2D eigenvalue weighted by molar-refractivity contribution is 0.0916. The van der Waals surface area contributed by atoms with Crippen LogP contribution in [-0.4, -0.2) is 30.8 Å². The van der Waals surface area contributed by atoms with E-state index in [0.717, 1.165) is 18.2 Å². The molecule has 164 valence electrons. The third kappa shape index (κ3) is 8.32. The molecule has 2 N–H and O–H groups in total. The number of amides is 2. The molecule has 1 heterocycles. The molecule has 2 amide bonds. The number of urea groups is 1. The summed E-state index contributed by atoms with van der Waals surface area (Å²) >= 11 is 1.78. The van der Waals surface area contributed by atoms with Crippen LogP contribution in [-0.2, 0) is 6.54 Å². The van der Waals surface area contributed by atoms with Crippen LogP contribution in [0.25, 0.3) is 16.5 Å². The maximum atomic E-state index is 13.0. The van der Waals surface area contributed by atoms with Gasteiger partial charge in [-0.25, -0.2) is 9.18 Å². The number of carbonyl (C=O) groups is 1. The fourth-order valence-corrected chi connectivity index (χ4v) is 3.47. The molecule has 0 aliphatic heterocycles. The van der Waals surface area contributed by atoms with Crippen molar-refractivity contribution in [2.45, 2.75) is 19.5 Å². The highest BCUT2D eigenvalue weighted by atomic mass is 32.1. The molecule has 3 aromatic rings. The molecule has 1 unspecified atom stereocenters. The molecule has 1 aromatic heterocycles. The number of carbonyl (C=O) groups excluding carboxylic acids is 1. The summed E-state index contributed by atoms with van der Waals surface area (Å²) in [6.45, 7) is 6.37. The van der Waals surface area contributed by atoms with E-state index in [1.165, 1.54) is 22.6 Å². The van der Waals surface area contributed by atoms with Crippen LogP contribution in [0.4, 0.5) is 13.7 Å². The van der Waals surface area contributed by atoms with E-state index in [1.54, 1.807) is 30.4 Å². The topological polar surface area (TPSA) is 44.4 Å². The molecule has 1 atom stereocenters. The molecule has 0 spiro atoms. The largest absolute Gasteiger partial charge is 0.345 e. The number of thiophene rings is 1. The number of benzene rings is 2. The van der Waals surface area contributed by atoms with E-state index in [4.69, 9.17) is 0 Å². The van der Waals surface area contributed by atoms with E-state index in [9.17, 15) is 13.7 Å². The average molecular weight is 444 g/mol. The van der Waals surface area contributed by atoms with Crippen molar-refractivity contribution in [2.75, 3.05) is 13.6 Å². The summed E-state index contributed by atoms with van der Waals surface area (Å²) in [7, 11) is 1.03. The Balaban J connectivity index is 0.000000258. The fourth-order valence-electron chi connectivity index (χ4n) is 2.74. The molecule has 0 aliphatic carbocycles. The predicted molar refractivity (Wildman–Crippen MR) is 125 cm³/mol. The second kappa shape index (κ2) is 12.6.